The number of rotatable bonds is 3. The Bertz CT molecular complexity index is 592. The highest BCUT2D eigenvalue weighted by atomic mass is 16.7. The topological polar surface area (TPSA) is 72.5 Å². The molecule has 19 heavy (non-hydrogen) atoms. The zero-order valence-corrected chi connectivity index (χ0v) is 9.74. The van der Waals surface area contributed by atoms with Gasteiger partial charge in [0.15, 0.2) is 0 Å². The Morgan fingerprint density at radius 3 is 2.11 bits per heavy atom. The Kier molecular flexibility index (Phi) is 3.78. The first-order valence-electron chi connectivity index (χ1n) is 5.42. The van der Waals surface area contributed by atoms with Crippen molar-refractivity contribution in [1.82, 2.24) is 0 Å². The fourth-order valence-electron chi connectivity index (χ4n) is 1.46. The summed E-state index contributed by atoms with van der Waals surface area (Å²) in [5.41, 5.74) is 0.00977. The van der Waals surface area contributed by atoms with Gasteiger partial charge in [-0.2, -0.15) is 9.90 Å². The lowest BCUT2D eigenvalue weighted by molar-refractivity contribution is 0.0729. The zero-order valence-electron chi connectivity index (χ0n) is 9.74. The van der Waals surface area contributed by atoms with Crippen LogP contribution in [-0.4, -0.2) is 12.1 Å². The fourth-order valence-corrected chi connectivity index (χ4v) is 1.46. The van der Waals surface area contributed by atoms with Crippen LogP contribution in [0.25, 0.3) is 0 Å². The third-order valence-electron chi connectivity index (χ3n) is 2.25. The van der Waals surface area contributed by atoms with E-state index in [0.717, 1.165) is 0 Å². The second kappa shape index (κ2) is 5.68. The largest absolute Gasteiger partial charge is 0.555 e. The predicted octanol–water partition coefficient (Wildman–Crippen LogP) is 2.84. The van der Waals surface area contributed by atoms with Crippen LogP contribution in [0, 0.1) is 0 Å². The number of para-hydroxylation sites is 2. The van der Waals surface area contributed by atoms with Gasteiger partial charge >= 0.3 is 12.1 Å². The first-order valence-corrected chi connectivity index (χ1v) is 5.42. The third-order valence-corrected chi connectivity index (χ3v) is 2.25. The van der Waals surface area contributed by atoms with Crippen LogP contribution >= 0.6 is 0 Å². The molecule has 1 radical (unpaired) electrons. The summed E-state index contributed by atoms with van der Waals surface area (Å²) >= 11 is 0. The maximum atomic E-state index is 11.9. The van der Waals surface area contributed by atoms with Gasteiger partial charge in [0.05, 0.1) is 0 Å². The highest BCUT2D eigenvalue weighted by Gasteiger charge is 2.16. The monoisotopic (exact) mass is 257 g/mol. The van der Waals surface area contributed by atoms with Crippen LogP contribution < -0.4 is 9.47 Å². The second-order valence-electron chi connectivity index (χ2n) is 3.55. The van der Waals surface area contributed by atoms with Crippen LogP contribution in [0.5, 0.6) is 11.5 Å². The van der Waals surface area contributed by atoms with Gasteiger partial charge in [0, 0.05) is 0 Å². The lowest BCUT2D eigenvalue weighted by Crippen LogP contribution is -2.12. The van der Waals surface area contributed by atoms with Crippen LogP contribution in [0.3, 0.4) is 0 Å². The molecule has 0 aliphatic rings. The van der Waals surface area contributed by atoms with Gasteiger partial charge in [0.2, 0.25) is 0 Å². The van der Waals surface area contributed by atoms with Gasteiger partial charge in [-0.05, 0) is 24.3 Å². The van der Waals surface area contributed by atoms with Gasteiger partial charge in [0.1, 0.15) is 17.1 Å². The fraction of sp³-hybridized carbons (Fsp3) is 0. The molecule has 0 bridgehead atoms. The molecule has 0 aromatic heterocycles. The quantitative estimate of drug-likeness (QED) is 0.481. The van der Waals surface area contributed by atoms with Crippen LogP contribution in [0.4, 0.5) is 4.79 Å². The van der Waals surface area contributed by atoms with E-state index in [9.17, 15) is 14.7 Å². The van der Waals surface area contributed by atoms with Gasteiger partial charge < -0.3 is 9.47 Å². The normalized spacial score (nSPS) is 9.68. The average Bonchev–Trinajstić information content (AvgIpc) is 2.39. The Morgan fingerprint density at radius 2 is 1.42 bits per heavy atom. The molecule has 0 amide bonds. The molecule has 95 valence electrons. The molecule has 2 aromatic rings. The molecule has 0 fully saturated rings. The molecular formula is C14H9O5. The van der Waals surface area contributed by atoms with Gasteiger partial charge in [-0.3, -0.25) is 0 Å². The van der Waals surface area contributed by atoms with Crippen LogP contribution in [0.2, 0.25) is 0 Å². The average molecular weight is 257 g/mol. The molecule has 0 N–H and O–H groups in total. The first kappa shape index (κ1) is 12.6. The van der Waals surface area contributed by atoms with Crippen molar-refractivity contribution in [3.05, 3.63) is 60.2 Å². The summed E-state index contributed by atoms with van der Waals surface area (Å²) in [7, 11) is 0. The van der Waals surface area contributed by atoms with E-state index in [4.69, 9.17) is 4.74 Å². The second-order valence-corrected chi connectivity index (χ2v) is 3.55. The van der Waals surface area contributed by atoms with Crippen LogP contribution in [-0.2, 0) is 5.11 Å². The summed E-state index contributed by atoms with van der Waals surface area (Å²) in [5, 5.41) is 10.4. The molecule has 0 aliphatic heterocycles. The number of hydrogen-bond acceptors (Lipinski definition) is 4. The van der Waals surface area contributed by atoms with E-state index in [1.54, 1.807) is 36.4 Å². The molecule has 0 saturated heterocycles. The molecule has 0 heterocycles. The Morgan fingerprint density at radius 1 is 0.789 bits per heavy atom. The predicted molar refractivity (Wildman–Crippen MR) is 64.6 cm³/mol. The van der Waals surface area contributed by atoms with Crippen LogP contribution in [0.1, 0.15) is 10.4 Å². The minimum absolute atomic E-state index is 0.00977. The molecule has 2 aromatic carbocycles. The van der Waals surface area contributed by atoms with Gasteiger partial charge in [-0.25, -0.2) is 4.79 Å². The number of ether oxygens (including phenoxy) is 2. The maximum Gasteiger partial charge on any atom is 0.555 e. The smallest absolute Gasteiger partial charge is 0.423 e. The van der Waals surface area contributed by atoms with E-state index in [0.29, 0.717) is 5.75 Å². The van der Waals surface area contributed by atoms with Crippen molar-refractivity contribution >= 4 is 12.1 Å². The highest BCUT2D eigenvalue weighted by molar-refractivity contribution is 5.94. The van der Waals surface area contributed by atoms with E-state index in [2.05, 4.69) is 4.74 Å². The zero-order chi connectivity index (χ0) is 13.7. The summed E-state index contributed by atoms with van der Waals surface area (Å²) in [6.07, 6.45) is -1.74. The standard InChI is InChI=1S/C14H9O5/c15-13(18-10-6-2-1-3-7-10)11-8-4-5-9-12(11)19-14(16)17/h1-9H. The van der Waals surface area contributed by atoms with E-state index in [-0.39, 0.29) is 11.3 Å². The minimum Gasteiger partial charge on any atom is -0.423 e. The lowest BCUT2D eigenvalue weighted by atomic mass is 10.2. The summed E-state index contributed by atoms with van der Waals surface area (Å²) in [6.45, 7) is 0. The van der Waals surface area contributed by atoms with E-state index >= 15 is 0 Å². The molecule has 0 spiro atoms. The molecule has 0 aliphatic carbocycles. The molecule has 0 atom stereocenters. The summed E-state index contributed by atoms with van der Waals surface area (Å²) in [6, 6.07) is 14.3. The third kappa shape index (κ3) is 3.32. The molecule has 2 rings (SSSR count). The molecule has 0 unspecified atom stereocenters. The summed E-state index contributed by atoms with van der Waals surface area (Å²) in [4.78, 5) is 22.3. The van der Waals surface area contributed by atoms with Gasteiger partial charge in [0.25, 0.3) is 0 Å². The Hall–Kier alpha value is -2.82. The highest BCUT2D eigenvalue weighted by Crippen LogP contribution is 2.20. The first-order chi connectivity index (χ1) is 9.16. The van der Waals surface area contributed by atoms with E-state index < -0.39 is 12.1 Å². The summed E-state index contributed by atoms with van der Waals surface area (Å²) in [5.74, 6) is -0.470. The number of carbonyl (C=O) groups is 2. The van der Waals surface area contributed by atoms with Crippen molar-refractivity contribution < 1.29 is 24.2 Å². The van der Waals surface area contributed by atoms with Crippen LogP contribution in [0.15, 0.2) is 54.6 Å². The van der Waals surface area contributed by atoms with Crippen molar-refractivity contribution in [3.8, 4) is 11.5 Å². The Labute approximate surface area is 109 Å². The summed E-state index contributed by atoms with van der Waals surface area (Å²) < 4.78 is 9.50. The van der Waals surface area contributed by atoms with E-state index in [1.807, 2.05) is 0 Å². The van der Waals surface area contributed by atoms with Crippen molar-refractivity contribution in [2.45, 2.75) is 0 Å². The molecular weight excluding hydrogens is 248 g/mol. The molecule has 5 heteroatoms. The Balaban J connectivity index is 2.21. The lowest BCUT2D eigenvalue weighted by Gasteiger charge is -2.07. The van der Waals surface area contributed by atoms with E-state index in [1.165, 1.54) is 18.2 Å². The van der Waals surface area contributed by atoms with Crippen molar-refractivity contribution in [2.75, 3.05) is 0 Å². The van der Waals surface area contributed by atoms with Gasteiger partial charge in [-0.15, -0.1) is 0 Å². The number of carbonyl (C=O) groups excluding carboxylic acids is 2. The molecule has 5 nitrogen and oxygen atoms in total. The maximum absolute atomic E-state index is 11.9. The van der Waals surface area contributed by atoms with Crippen molar-refractivity contribution in [3.63, 3.8) is 0 Å². The SMILES string of the molecule is [O]C(=O)Oc1ccccc1C(=O)Oc1ccccc1. The number of esters is 1. The minimum atomic E-state index is -1.74. The number of benzene rings is 2. The number of hydrogen-bond donors (Lipinski definition) is 0. The van der Waals surface area contributed by atoms with Crippen molar-refractivity contribution in [1.29, 1.82) is 0 Å². The van der Waals surface area contributed by atoms with Gasteiger partial charge in [-0.1, -0.05) is 30.3 Å². The van der Waals surface area contributed by atoms with Crippen molar-refractivity contribution in [2.24, 2.45) is 0 Å². The molecule has 0 saturated carbocycles.